The van der Waals surface area contributed by atoms with Crippen LogP contribution >= 0.6 is 0 Å². The van der Waals surface area contributed by atoms with Crippen molar-refractivity contribution in [3.8, 4) is 5.75 Å². The zero-order chi connectivity index (χ0) is 19.3. The first-order chi connectivity index (χ1) is 13.6. The number of ether oxygens (including phenoxy) is 1. The van der Waals surface area contributed by atoms with E-state index in [2.05, 4.69) is 54.4 Å². The summed E-state index contributed by atoms with van der Waals surface area (Å²) >= 11 is 0. The molecule has 1 saturated heterocycles. The van der Waals surface area contributed by atoms with Gasteiger partial charge in [-0.15, -0.1) is 0 Å². The summed E-state index contributed by atoms with van der Waals surface area (Å²) < 4.78 is 6.59. The van der Waals surface area contributed by atoms with Gasteiger partial charge in [-0.25, -0.2) is 5.01 Å². The van der Waals surface area contributed by atoms with Gasteiger partial charge in [0.15, 0.2) is 0 Å². The normalized spacial score (nSPS) is 22.4. The Morgan fingerprint density at radius 1 is 1.11 bits per heavy atom. The minimum atomic E-state index is -0.475. The lowest BCUT2D eigenvalue weighted by Gasteiger charge is -2.51. The Bertz CT molecular complexity index is 943. The third-order valence-corrected chi connectivity index (χ3v) is 6.28. The molecular formula is C23H25N3O2. The molecule has 5 heteroatoms. The first-order valence-corrected chi connectivity index (χ1v) is 10.0. The van der Waals surface area contributed by atoms with Crippen LogP contribution in [0.2, 0.25) is 0 Å². The Balaban J connectivity index is 1.53. The van der Waals surface area contributed by atoms with Gasteiger partial charge in [-0.3, -0.25) is 4.79 Å². The summed E-state index contributed by atoms with van der Waals surface area (Å²) in [6, 6.07) is 17.1. The number of carbonyl (C=O) groups is 1. The van der Waals surface area contributed by atoms with E-state index in [1.54, 1.807) is 6.92 Å². The first-order valence-electron chi connectivity index (χ1n) is 10.0. The number of benzene rings is 2. The zero-order valence-corrected chi connectivity index (χ0v) is 16.4. The number of hydrogen-bond donors (Lipinski definition) is 0. The van der Waals surface area contributed by atoms with E-state index in [4.69, 9.17) is 9.84 Å². The van der Waals surface area contributed by atoms with Gasteiger partial charge in [0.05, 0.1) is 11.8 Å². The van der Waals surface area contributed by atoms with Crippen LogP contribution < -0.4 is 4.74 Å². The van der Waals surface area contributed by atoms with Crippen molar-refractivity contribution in [2.75, 3.05) is 13.1 Å². The van der Waals surface area contributed by atoms with Crippen molar-refractivity contribution in [3.63, 3.8) is 0 Å². The highest BCUT2D eigenvalue weighted by Crippen LogP contribution is 2.49. The summed E-state index contributed by atoms with van der Waals surface area (Å²) in [6.45, 7) is 5.15. The van der Waals surface area contributed by atoms with Gasteiger partial charge < -0.3 is 9.64 Å². The first kappa shape index (κ1) is 17.3. The van der Waals surface area contributed by atoms with Crippen LogP contribution in [0.1, 0.15) is 48.9 Å². The Morgan fingerprint density at radius 2 is 1.82 bits per heavy atom. The van der Waals surface area contributed by atoms with Crippen LogP contribution in [-0.2, 0) is 4.79 Å². The van der Waals surface area contributed by atoms with Gasteiger partial charge in [-0.1, -0.05) is 48.0 Å². The van der Waals surface area contributed by atoms with Gasteiger partial charge >= 0.3 is 0 Å². The molecule has 0 aliphatic carbocycles. The van der Waals surface area contributed by atoms with Gasteiger partial charge in [0.1, 0.15) is 5.75 Å². The summed E-state index contributed by atoms with van der Waals surface area (Å²) in [5.74, 6) is 1.09. The molecule has 0 N–H and O–H groups in total. The minimum absolute atomic E-state index is 0.132. The summed E-state index contributed by atoms with van der Waals surface area (Å²) in [4.78, 5) is 13.7. The van der Waals surface area contributed by atoms with Crippen LogP contribution in [0, 0.1) is 6.92 Å². The van der Waals surface area contributed by atoms with Crippen LogP contribution in [-0.4, -0.2) is 40.3 Å². The lowest BCUT2D eigenvalue weighted by molar-refractivity contribution is -0.158. The maximum Gasteiger partial charge on any atom is 0.219 e. The molecule has 3 aliphatic heterocycles. The molecule has 3 aliphatic rings. The van der Waals surface area contributed by atoms with Crippen LogP contribution in [0.25, 0.3) is 0 Å². The molecule has 0 bridgehead atoms. The zero-order valence-electron chi connectivity index (χ0n) is 16.4. The predicted octanol–water partition coefficient (Wildman–Crippen LogP) is 3.88. The molecule has 0 unspecified atom stereocenters. The average Bonchev–Trinajstić information content (AvgIpc) is 3.16. The highest BCUT2D eigenvalue weighted by molar-refractivity contribution is 6.02. The van der Waals surface area contributed by atoms with Crippen LogP contribution in [0.4, 0.5) is 0 Å². The van der Waals surface area contributed by atoms with E-state index < -0.39 is 5.72 Å². The standard InChI is InChI=1S/C23H25N3O2/c1-16-7-9-18(10-8-16)20-15-21-19-5-3-4-6-22(19)28-23(26(21)24-20)11-13-25(14-12-23)17(2)27/h3-10,21H,11-15H2,1-2H3/t21-/m1/s1. The van der Waals surface area contributed by atoms with Crippen LogP contribution in [0.15, 0.2) is 53.6 Å². The Morgan fingerprint density at radius 3 is 2.54 bits per heavy atom. The molecule has 1 amide bonds. The second-order valence-corrected chi connectivity index (χ2v) is 8.07. The molecule has 3 heterocycles. The summed E-state index contributed by atoms with van der Waals surface area (Å²) in [7, 11) is 0. The van der Waals surface area contributed by atoms with Crippen molar-refractivity contribution in [1.29, 1.82) is 0 Å². The van der Waals surface area contributed by atoms with Crippen molar-refractivity contribution in [1.82, 2.24) is 9.91 Å². The van der Waals surface area contributed by atoms with Crippen molar-refractivity contribution < 1.29 is 9.53 Å². The smallest absolute Gasteiger partial charge is 0.219 e. The molecule has 144 valence electrons. The number of nitrogens with zero attached hydrogens (tertiary/aromatic N) is 3. The monoisotopic (exact) mass is 375 g/mol. The predicted molar refractivity (Wildman–Crippen MR) is 108 cm³/mol. The van der Waals surface area contributed by atoms with Gasteiger partial charge in [0.2, 0.25) is 11.6 Å². The topological polar surface area (TPSA) is 45.1 Å². The molecule has 1 spiro atoms. The highest BCUT2D eigenvalue weighted by Gasteiger charge is 2.51. The Labute approximate surface area is 165 Å². The second kappa shape index (κ2) is 6.36. The molecule has 0 radical (unpaired) electrons. The van der Waals surface area contributed by atoms with E-state index in [0.29, 0.717) is 13.1 Å². The van der Waals surface area contributed by atoms with E-state index in [9.17, 15) is 4.79 Å². The molecule has 1 atom stereocenters. The van der Waals surface area contributed by atoms with Gasteiger partial charge in [-0.2, -0.15) is 5.10 Å². The number of piperidine rings is 1. The van der Waals surface area contributed by atoms with E-state index in [1.165, 1.54) is 16.7 Å². The van der Waals surface area contributed by atoms with Gasteiger partial charge in [-0.05, 0) is 18.6 Å². The van der Waals surface area contributed by atoms with E-state index in [1.807, 2.05) is 11.0 Å². The number of hydrazone groups is 1. The molecule has 0 saturated carbocycles. The third kappa shape index (κ3) is 2.68. The van der Waals surface area contributed by atoms with E-state index in [0.717, 1.165) is 30.7 Å². The number of hydrogen-bond acceptors (Lipinski definition) is 4. The number of amides is 1. The van der Waals surface area contributed by atoms with E-state index in [-0.39, 0.29) is 11.9 Å². The summed E-state index contributed by atoms with van der Waals surface area (Å²) in [5, 5.41) is 7.27. The van der Waals surface area contributed by atoms with Gasteiger partial charge in [0, 0.05) is 44.8 Å². The fourth-order valence-corrected chi connectivity index (χ4v) is 4.65. The molecule has 5 rings (SSSR count). The molecule has 2 aromatic rings. The highest BCUT2D eigenvalue weighted by atomic mass is 16.5. The van der Waals surface area contributed by atoms with Crippen molar-refractivity contribution >= 4 is 11.6 Å². The number of rotatable bonds is 1. The van der Waals surface area contributed by atoms with Crippen LogP contribution in [0.5, 0.6) is 5.75 Å². The Kier molecular flexibility index (Phi) is 3.93. The molecule has 2 aromatic carbocycles. The number of fused-ring (bicyclic) bond motifs is 4. The van der Waals surface area contributed by atoms with Crippen molar-refractivity contribution in [2.24, 2.45) is 5.10 Å². The molecule has 5 nitrogen and oxygen atoms in total. The van der Waals surface area contributed by atoms with Crippen LogP contribution in [0.3, 0.4) is 0 Å². The van der Waals surface area contributed by atoms with Crippen molar-refractivity contribution in [2.45, 2.75) is 44.9 Å². The molecule has 28 heavy (non-hydrogen) atoms. The second-order valence-electron chi connectivity index (χ2n) is 8.07. The maximum atomic E-state index is 11.8. The number of para-hydroxylation sites is 1. The fraction of sp³-hybridized carbons (Fsp3) is 0.391. The number of likely N-dealkylation sites (tertiary alicyclic amines) is 1. The lowest BCUT2D eigenvalue weighted by Crippen LogP contribution is -2.59. The molecule has 0 aromatic heterocycles. The summed E-state index contributed by atoms with van der Waals surface area (Å²) in [6.07, 6.45) is 2.41. The van der Waals surface area contributed by atoms with Crippen molar-refractivity contribution in [3.05, 3.63) is 65.2 Å². The summed E-state index contributed by atoms with van der Waals surface area (Å²) in [5.41, 5.74) is 4.26. The van der Waals surface area contributed by atoms with Gasteiger partial charge in [0.25, 0.3) is 0 Å². The Hall–Kier alpha value is -2.82. The number of aryl methyl sites for hydroxylation is 1. The third-order valence-electron chi connectivity index (χ3n) is 6.28. The number of carbonyl (C=O) groups excluding carboxylic acids is 1. The maximum absolute atomic E-state index is 11.8. The van der Waals surface area contributed by atoms with E-state index >= 15 is 0 Å². The SMILES string of the molecule is CC(=O)N1CCC2(CC1)Oc1ccccc1[C@H]1CC(c3ccc(C)cc3)=NN12. The minimum Gasteiger partial charge on any atom is -0.466 e. The average molecular weight is 375 g/mol. The lowest BCUT2D eigenvalue weighted by atomic mass is 9.90. The largest absolute Gasteiger partial charge is 0.466 e. The molecular weight excluding hydrogens is 350 g/mol. The fourth-order valence-electron chi connectivity index (χ4n) is 4.65. The quantitative estimate of drug-likeness (QED) is 0.760. The molecule has 1 fully saturated rings.